The molecule has 202 valence electrons. The maximum atomic E-state index is 15.1. The van der Waals surface area contributed by atoms with Gasteiger partial charge in [0.2, 0.25) is 0 Å². The predicted octanol–water partition coefficient (Wildman–Crippen LogP) is 2.03. The highest BCUT2D eigenvalue weighted by molar-refractivity contribution is 5.94. The van der Waals surface area contributed by atoms with Gasteiger partial charge in [-0.15, -0.1) is 0 Å². The lowest BCUT2D eigenvalue weighted by Gasteiger charge is -2.25. The summed E-state index contributed by atoms with van der Waals surface area (Å²) in [7, 11) is 0. The third-order valence-electron chi connectivity index (χ3n) is 6.99. The Balaban J connectivity index is 1.15. The first-order valence-electron chi connectivity index (χ1n) is 12.6. The summed E-state index contributed by atoms with van der Waals surface area (Å²) in [4.78, 5) is 31.3. The minimum Gasteiger partial charge on any atom is -0.441 e. The van der Waals surface area contributed by atoms with E-state index in [4.69, 9.17) is 14.2 Å². The van der Waals surface area contributed by atoms with E-state index in [1.807, 2.05) is 13.8 Å². The van der Waals surface area contributed by atoms with Crippen LogP contribution >= 0.6 is 0 Å². The maximum absolute atomic E-state index is 15.1. The Hall–Kier alpha value is -3.78. The zero-order chi connectivity index (χ0) is 26.4. The number of morpholine rings is 1. The Morgan fingerprint density at radius 2 is 2.05 bits per heavy atom. The second-order valence-electron chi connectivity index (χ2n) is 10.2. The Morgan fingerprint density at radius 3 is 2.82 bits per heavy atom. The molecule has 3 N–H and O–H groups in total. The number of nitrogens with one attached hydrogen (secondary N) is 3. The fourth-order valence-electron chi connectivity index (χ4n) is 4.57. The smallest absolute Gasteiger partial charge is 0.408 e. The van der Waals surface area contributed by atoms with Gasteiger partial charge in [-0.05, 0) is 26.7 Å². The molecule has 6 rings (SSSR count). The van der Waals surface area contributed by atoms with Crippen molar-refractivity contribution in [3.05, 3.63) is 35.4 Å². The number of aryl methyl sites for hydroxylation is 1. The second-order valence-corrected chi connectivity index (χ2v) is 10.2. The molecule has 2 amide bonds. The van der Waals surface area contributed by atoms with E-state index >= 15 is 4.39 Å². The summed E-state index contributed by atoms with van der Waals surface area (Å²) >= 11 is 0. The molecule has 3 aromatic heterocycles. The number of carbonyl (C=O) groups is 2. The zero-order valence-electron chi connectivity index (χ0n) is 21.1. The number of amides is 2. The lowest BCUT2D eigenvalue weighted by atomic mass is 10.1. The molecule has 2 aliphatic heterocycles. The lowest BCUT2D eigenvalue weighted by Crippen LogP contribution is -2.40. The summed E-state index contributed by atoms with van der Waals surface area (Å²) in [6.07, 6.45) is -0.709. The number of hydrogen-bond acceptors (Lipinski definition) is 9. The van der Waals surface area contributed by atoms with E-state index in [9.17, 15) is 9.59 Å². The monoisotopic (exact) mass is 528 g/mol. The van der Waals surface area contributed by atoms with E-state index in [2.05, 4.69) is 30.9 Å². The SMILES string of the molecule is Cc1cn2nc(C(=O)N3CCOCC3)cc2c(Nc2cc(C3OCC(OC(=O)NC4(C)CC4)C3F)[nH]n2)n1. The molecule has 3 unspecified atom stereocenters. The molecule has 3 aliphatic rings. The Morgan fingerprint density at radius 1 is 1.26 bits per heavy atom. The number of nitrogens with zero attached hydrogens (tertiary/aromatic N) is 5. The van der Waals surface area contributed by atoms with Crippen LogP contribution in [0.4, 0.5) is 20.8 Å². The van der Waals surface area contributed by atoms with Gasteiger partial charge in [0.15, 0.2) is 29.6 Å². The van der Waals surface area contributed by atoms with Crippen LogP contribution in [-0.4, -0.2) is 92.4 Å². The highest BCUT2D eigenvalue weighted by Gasteiger charge is 2.44. The molecule has 3 atom stereocenters. The van der Waals surface area contributed by atoms with Crippen LogP contribution < -0.4 is 10.6 Å². The van der Waals surface area contributed by atoms with Crippen molar-refractivity contribution >= 4 is 29.2 Å². The van der Waals surface area contributed by atoms with Crippen LogP contribution in [0.3, 0.4) is 0 Å². The number of anilines is 2. The van der Waals surface area contributed by atoms with Crippen molar-refractivity contribution in [3.63, 3.8) is 0 Å². The van der Waals surface area contributed by atoms with Crippen LogP contribution in [0.2, 0.25) is 0 Å². The van der Waals surface area contributed by atoms with Crippen LogP contribution in [0.25, 0.3) is 5.52 Å². The molecular formula is C24H29FN8O5. The van der Waals surface area contributed by atoms with E-state index in [1.54, 1.807) is 27.7 Å². The van der Waals surface area contributed by atoms with E-state index < -0.39 is 24.5 Å². The first-order valence-corrected chi connectivity index (χ1v) is 12.6. The molecule has 38 heavy (non-hydrogen) atoms. The molecule has 3 fully saturated rings. The van der Waals surface area contributed by atoms with E-state index in [0.717, 1.165) is 12.8 Å². The predicted molar refractivity (Wildman–Crippen MR) is 131 cm³/mol. The Labute approximate surface area is 217 Å². The molecule has 0 bridgehead atoms. The second kappa shape index (κ2) is 9.51. The number of alkyl halides is 1. The van der Waals surface area contributed by atoms with Crippen molar-refractivity contribution in [3.8, 4) is 0 Å². The summed E-state index contributed by atoms with van der Waals surface area (Å²) < 4.78 is 32.9. The molecule has 0 radical (unpaired) electrons. The summed E-state index contributed by atoms with van der Waals surface area (Å²) in [6.45, 7) is 5.69. The summed E-state index contributed by atoms with van der Waals surface area (Å²) in [5.41, 5.74) is 1.69. The normalized spacial score (nSPS) is 24.4. The number of ether oxygens (including phenoxy) is 3. The number of H-pyrrole nitrogens is 1. The topological polar surface area (TPSA) is 148 Å². The van der Waals surface area contributed by atoms with Gasteiger partial charge in [-0.2, -0.15) is 10.2 Å². The largest absolute Gasteiger partial charge is 0.441 e. The van der Waals surface area contributed by atoms with Crippen molar-refractivity contribution in [2.24, 2.45) is 0 Å². The van der Waals surface area contributed by atoms with Crippen LogP contribution in [0, 0.1) is 6.92 Å². The van der Waals surface area contributed by atoms with Crippen LogP contribution in [0.15, 0.2) is 18.3 Å². The van der Waals surface area contributed by atoms with Crippen LogP contribution in [0.1, 0.15) is 47.7 Å². The highest BCUT2D eigenvalue weighted by atomic mass is 19.1. The molecule has 3 aromatic rings. The number of fused-ring (bicyclic) bond motifs is 1. The van der Waals surface area contributed by atoms with Crippen molar-refractivity contribution in [1.82, 2.24) is 35.0 Å². The van der Waals surface area contributed by atoms with Gasteiger partial charge in [-0.3, -0.25) is 9.89 Å². The fourth-order valence-corrected chi connectivity index (χ4v) is 4.57. The average Bonchev–Trinajstić information content (AvgIpc) is 3.23. The van der Waals surface area contributed by atoms with Crippen molar-refractivity contribution in [2.75, 3.05) is 38.2 Å². The summed E-state index contributed by atoms with van der Waals surface area (Å²) in [5, 5.41) is 17.3. The number of hydrogen-bond donors (Lipinski definition) is 3. The summed E-state index contributed by atoms with van der Waals surface area (Å²) in [6, 6.07) is 3.29. The molecule has 1 aliphatic carbocycles. The minimum atomic E-state index is -1.56. The van der Waals surface area contributed by atoms with Crippen molar-refractivity contribution in [1.29, 1.82) is 0 Å². The molecular weight excluding hydrogens is 499 g/mol. The van der Waals surface area contributed by atoms with Crippen LogP contribution in [0.5, 0.6) is 0 Å². The van der Waals surface area contributed by atoms with Gasteiger partial charge in [-0.1, -0.05) is 0 Å². The Bertz CT molecular complexity index is 1370. The quantitative estimate of drug-likeness (QED) is 0.437. The maximum Gasteiger partial charge on any atom is 0.408 e. The van der Waals surface area contributed by atoms with Crippen molar-refractivity contribution in [2.45, 2.75) is 50.6 Å². The molecule has 2 saturated heterocycles. The molecule has 1 saturated carbocycles. The van der Waals surface area contributed by atoms with Gasteiger partial charge in [-0.25, -0.2) is 18.7 Å². The average molecular weight is 529 g/mol. The van der Waals surface area contributed by atoms with Gasteiger partial charge in [0.05, 0.1) is 37.4 Å². The number of aromatic nitrogens is 5. The zero-order valence-corrected chi connectivity index (χ0v) is 21.1. The van der Waals surface area contributed by atoms with E-state index in [-0.39, 0.29) is 18.1 Å². The number of halogens is 1. The third-order valence-corrected chi connectivity index (χ3v) is 6.99. The number of alkyl carbamates (subject to hydrolysis) is 1. The molecule has 0 aromatic carbocycles. The van der Waals surface area contributed by atoms with Gasteiger partial charge in [0, 0.05) is 30.8 Å². The molecule has 5 heterocycles. The van der Waals surface area contributed by atoms with Gasteiger partial charge < -0.3 is 29.7 Å². The van der Waals surface area contributed by atoms with Crippen LogP contribution in [-0.2, 0) is 14.2 Å². The van der Waals surface area contributed by atoms with Gasteiger partial charge in [0.1, 0.15) is 11.6 Å². The molecule has 0 spiro atoms. The molecule has 13 nitrogen and oxygen atoms in total. The van der Waals surface area contributed by atoms with E-state index in [0.29, 0.717) is 60.5 Å². The van der Waals surface area contributed by atoms with Gasteiger partial charge in [0.25, 0.3) is 5.91 Å². The van der Waals surface area contributed by atoms with Gasteiger partial charge >= 0.3 is 6.09 Å². The number of rotatable bonds is 6. The Kier molecular flexibility index (Phi) is 6.14. The third kappa shape index (κ3) is 4.88. The standard InChI is InChI=1S/C24H29FN8O5/c1-13-11-33-16(9-15(31-33)22(34)32-5-7-36-8-6-32)21(26-13)27-18-10-14(29-30-18)20-19(25)17(12-37-20)38-23(35)28-24(2)3-4-24/h9-11,17,19-20H,3-8,12H2,1-2H3,(H,28,35)(H2,26,27,29,30). The fraction of sp³-hybridized carbons (Fsp3) is 0.542. The number of aromatic amines is 1. The first-order chi connectivity index (χ1) is 18.3. The summed E-state index contributed by atoms with van der Waals surface area (Å²) in [5.74, 6) is 0.640. The van der Waals surface area contributed by atoms with Crippen molar-refractivity contribution < 1.29 is 28.2 Å². The minimum absolute atomic E-state index is 0.0619. The highest BCUT2D eigenvalue weighted by Crippen LogP contribution is 2.36. The first kappa shape index (κ1) is 24.6. The van der Waals surface area contributed by atoms with E-state index in [1.165, 1.54) is 0 Å². The lowest BCUT2D eigenvalue weighted by molar-refractivity contribution is 0.0299. The molecule has 14 heteroatoms. The number of carbonyl (C=O) groups excluding carboxylic acids is 2.